The van der Waals surface area contributed by atoms with Crippen molar-refractivity contribution in [3.63, 3.8) is 0 Å². The lowest BCUT2D eigenvalue weighted by Crippen LogP contribution is -2.63. The van der Waals surface area contributed by atoms with Crippen LogP contribution < -0.4 is 11.1 Å². The molecule has 0 saturated carbocycles. The molecule has 39 heavy (non-hydrogen) atoms. The number of anilines is 1. The van der Waals surface area contributed by atoms with Gasteiger partial charge in [0.2, 0.25) is 0 Å². The molecule has 0 heterocycles. The number of aliphatic hydroxyl groups is 3. The van der Waals surface area contributed by atoms with Gasteiger partial charge in [-0.25, -0.2) is 4.39 Å². The predicted octanol–water partition coefficient (Wildman–Crippen LogP) is 1.38. The van der Waals surface area contributed by atoms with Gasteiger partial charge >= 0.3 is 5.97 Å². The Morgan fingerprint density at radius 2 is 1.92 bits per heavy atom. The molecule has 12 nitrogen and oxygen atoms in total. The van der Waals surface area contributed by atoms with Crippen molar-refractivity contribution in [2.24, 2.45) is 17.6 Å². The molecule has 1 aromatic rings. The number of nitrogens with one attached hydrogen (secondary N) is 2. The zero-order chi connectivity index (χ0) is 29.0. The summed E-state index contributed by atoms with van der Waals surface area (Å²) in [6, 6.07) is -0.0170. The van der Waals surface area contributed by atoms with Gasteiger partial charge in [-0.2, -0.15) is 0 Å². The third-order valence-corrected chi connectivity index (χ3v) is 7.86. The highest BCUT2D eigenvalue weighted by atomic mass is 19.1. The van der Waals surface area contributed by atoms with E-state index in [9.17, 15) is 34.8 Å². The van der Waals surface area contributed by atoms with Gasteiger partial charge in [-0.1, -0.05) is 0 Å². The van der Waals surface area contributed by atoms with E-state index in [1.165, 1.54) is 4.90 Å². The largest absolute Gasteiger partial charge is 0.510 e. The monoisotopic (exact) mass is 546 g/mol. The second kappa shape index (κ2) is 9.97. The number of Topliss-reactive ketones (excluding diaryl/α,β-unsaturated/α-hetero) is 1. The lowest BCUT2D eigenvalue weighted by atomic mass is 9.58. The molecule has 0 bridgehead atoms. The molecule has 1 unspecified atom stereocenters. The highest BCUT2D eigenvalue weighted by molar-refractivity contribution is 6.26. The second-order valence-electron chi connectivity index (χ2n) is 10.4. The lowest BCUT2D eigenvalue weighted by molar-refractivity contribution is -0.137. The lowest BCUT2D eigenvalue weighted by Gasteiger charge is -2.51. The minimum atomic E-state index is -2.56. The number of nitrogens with zero attached hydrogens (tertiary/aromatic N) is 1. The Kier molecular flexibility index (Phi) is 7.17. The quantitative estimate of drug-likeness (QED) is 0.173. The number of carbonyl (C=O) groups is 3. The van der Waals surface area contributed by atoms with E-state index in [-0.39, 0.29) is 42.6 Å². The average molecular weight is 547 g/mol. The number of nitrogens with two attached hydrogens (primary N) is 1. The highest BCUT2D eigenvalue weighted by Crippen LogP contribution is 2.53. The van der Waals surface area contributed by atoms with Crippen LogP contribution in [0.4, 0.5) is 10.1 Å². The van der Waals surface area contributed by atoms with Crippen LogP contribution in [0.1, 0.15) is 41.6 Å². The van der Waals surface area contributed by atoms with Crippen molar-refractivity contribution in [1.29, 1.82) is 5.41 Å². The van der Waals surface area contributed by atoms with Gasteiger partial charge in [0.1, 0.15) is 28.7 Å². The van der Waals surface area contributed by atoms with Crippen molar-refractivity contribution < 1.29 is 44.3 Å². The number of carboxylic acid groups (broad SMARTS) is 1. The summed E-state index contributed by atoms with van der Waals surface area (Å²) in [5.74, 6) is -7.81. The Morgan fingerprint density at radius 3 is 2.51 bits per heavy atom. The smallest absolute Gasteiger partial charge is 0.303 e. The average Bonchev–Trinajstić information content (AvgIpc) is 2.83. The number of aromatic hydroxyl groups is 1. The molecular formula is C26H31FN4O8. The zero-order valence-corrected chi connectivity index (χ0v) is 21.4. The summed E-state index contributed by atoms with van der Waals surface area (Å²) in [6.07, 6.45) is 0.503. The number of carbonyl (C=O) groups excluding carboxylic acids is 2. The number of hydrogen-bond acceptors (Lipinski definition) is 10. The molecule has 0 radical (unpaired) electrons. The number of carboxylic acids is 1. The van der Waals surface area contributed by atoms with E-state index in [1.54, 1.807) is 14.1 Å². The van der Waals surface area contributed by atoms with Gasteiger partial charge in [-0.3, -0.25) is 19.3 Å². The molecular weight excluding hydrogens is 515 g/mol. The minimum Gasteiger partial charge on any atom is -0.510 e. The summed E-state index contributed by atoms with van der Waals surface area (Å²) >= 11 is 0. The van der Waals surface area contributed by atoms with Crippen LogP contribution in [-0.4, -0.2) is 86.1 Å². The maximum Gasteiger partial charge on any atom is 0.303 e. The maximum absolute atomic E-state index is 15.2. The molecule has 9 N–H and O–H groups in total. The fourth-order valence-electron chi connectivity index (χ4n) is 6.08. The number of allylic oxidation sites excluding steroid dienone is 1. The first-order valence-electron chi connectivity index (χ1n) is 12.4. The number of halogens is 1. The fourth-order valence-corrected chi connectivity index (χ4v) is 6.08. The van der Waals surface area contributed by atoms with Crippen molar-refractivity contribution in [2.45, 2.75) is 43.7 Å². The molecule has 0 spiro atoms. The number of unbranched alkanes of at least 4 members (excludes halogenated alkanes) is 1. The summed E-state index contributed by atoms with van der Waals surface area (Å²) < 4.78 is 15.2. The summed E-state index contributed by atoms with van der Waals surface area (Å²) in [5, 5.41) is 64.8. The van der Waals surface area contributed by atoms with Crippen LogP contribution in [0, 0.1) is 23.1 Å². The number of phenolic OH excluding ortho intramolecular Hbond substituents is 1. The number of amides is 1. The minimum absolute atomic E-state index is 0.0580. The second-order valence-corrected chi connectivity index (χ2v) is 10.4. The molecule has 3 aliphatic rings. The first-order chi connectivity index (χ1) is 18.2. The van der Waals surface area contributed by atoms with Gasteiger partial charge in [-0.05, 0) is 45.7 Å². The van der Waals surface area contributed by atoms with E-state index in [4.69, 9.17) is 16.2 Å². The fraction of sp³-hybridized carbons (Fsp3) is 0.462. The van der Waals surface area contributed by atoms with Crippen molar-refractivity contribution in [3.05, 3.63) is 45.7 Å². The molecule has 4 atom stereocenters. The predicted molar refractivity (Wildman–Crippen MR) is 136 cm³/mol. The van der Waals surface area contributed by atoms with E-state index >= 15 is 4.39 Å². The van der Waals surface area contributed by atoms with Crippen molar-refractivity contribution >= 4 is 29.1 Å². The number of benzene rings is 1. The summed E-state index contributed by atoms with van der Waals surface area (Å²) in [4.78, 5) is 37.9. The first kappa shape index (κ1) is 28.0. The topological polar surface area (TPSA) is 217 Å². The molecule has 1 amide bonds. The number of aliphatic hydroxyl groups excluding tert-OH is 2. The SMILES string of the molecule is CN(C)[C@@H]1C(O)=C(C(N)=O)C(=N)[C@@]2(O)C(O)=C3C(=O)c4c(O)c(NCCCCC(=O)O)cc(F)c4C[C@H]3CC12. The highest BCUT2D eigenvalue weighted by Gasteiger charge is 2.61. The van der Waals surface area contributed by atoms with Crippen LogP contribution in [-0.2, 0) is 16.0 Å². The number of hydrogen-bond donors (Lipinski definition) is 8. The standard InChI is InChI=1S/C26H31FN4O8/c1-31(2)19-12-8-10-7-11-13(27)9-14(30-6-4-3-5-15(32)33)20(34)17(11)21(35)16(10)24(37)26(12,39)23(28)18(22(19)36)25(29)38/h9-10,12,19,28,30,34,36-37,39H,3-8H2,1-2H3,(H2,29,38)(H,32,33)/t10-,12?,19-,26+/m0/s1. The number of fused-ring (bicyclic) bond motifs is 3. The molecule has 210 valence electrons. The molecule has 0 fully saturated rings. The Bertz CT molecular complexity index is 1350. The molecule has 4 rings (SSSR count). The summed E-state index contributed by atoms with van der Waals surface area (Å²) in [6.45, 7) is 0.195. The molecule has 0 aliphatic heterocycles. The van der Waals surface area contributed by atoms with E-state index < -0.39 is 81.1 Å². The van der Waals surface area contributed by atoms with Gasteiger partial charge in [-0.15, -0.1) is 0 Å². The van der Waals surface area contributed by atoms with E-state index in [2.05, 4.69) is 5.32 Å². The van der Waals surface area contributed by atoms with Crippen molar-refractivity contribution in [3.8, 4) is 5.75 Å². The Morgan fingerprint density at radius 1 is 1.26 bits per heavy atom. The number of phenols is 1. The number of rotatable bonds is 8. The molecule has 3 aliphatic carbocycles. The Balaban J connectivity index is 1.78. The van der Waals surface area contributed by atoms with E-state index in [0.29, 0.717) is 12.8 Å². The maximum atomic E-state index is 15.2. The Hall–Kier alpha value is -3.97. The van der Waals surface area contributed by atoms with Crippen LogP contribution in [0.3, 0.4) is 0 Å². The van der Waals surface area contributed by atoms with Gasteiger partial charge in [0.15, 0.2) is 11.4 Å². The van der Waals surface area contributed by atoms with E-state index in [0.717, 1.165) is 6.07 Å². The van der Waals surface area contributed by atoms with Crippen LogP contribution in [0.5, 0.6) is 5.75 Å². The molecule has 0 aromatic heterocycles. The third kappa shape index (κ3) is 4.31. The molecule has 0 saturated heterocycles. The van der Waals surface area contributed by atoms with Gasteiger partial charge in [0.25, 0.3) is 5.91 Å². The van der Waals surface area contributed by atoms with Crippen molar-refractivity contribution in [1.82, 2.24) is 4.90 Å². The first-order valence-corrected chi connectivity index (χ1v) is 12.4. The van der Waals surface area contributed by atoms with Crippen LogP contribution in [0.2, 0.25) is 0 Å². The summed E-state index contributed by atoms with van der Waals surface area (Å²) in [5.41, 5.74) is 0.403. The van der Waals surface area contributed by atoms with Crippen molar-refractivity contribution in [2.75, 3.05) is 26.0 Å². The van der Waals surface area contributed by atoms with Crippen LogP contribution in [0.25, 0.3) is 0 Å². The number of ketones is 1. The molecule has 13 heteroatoms. The van der Waals surface area contributed by atoms with Crippen LogP contribution in [0.15, 0.2) is 28.7 Å². The van der Waals surface area contributed by atoms with Gasteiger partial charge < -0.3 is 42.0 Å². The number of aliphatic carboxylic acids is 1. The van der Waals surface area contributed by atoms with Crippen LogP contribution >= 0.6 is 0 Å². The molecule has 1 aromatic carbocycles. The normalized spacial score (nSPS) is 26.3. The van der Waals surface area contributed by atoms with Gasteiger partial charge in [0.05, 0.1) is 23.0 Å². The summed E-state index contributed by atoms with van der Waals surface area (Å²) in [7, 11) is 3.11. The Labute approximate surface area is 222 Å². The number of likely N-dealkylation sites (N-methyl/N-ethyl adjacent to an activating group) is 1. The van der Waals surface area contributed by atoms with Gasteiger partial charge in [0, 0.05) is 36.1 Å². The van der Waals surface area contributed by atoms with E-state index in [1.807, 2.05) is 0 Å². The third-order valence-electron chi connectivity index (χ3n) is 7.86. The zero-order valence-electron chi connectivity index (χ0n) is 21.4. The number of primary amides is 1.